The fraction of sp³-hybridized carbons (Fsp3) is 0.588. The number of nitrogens with one attached hydrogen (secondary N) is 1. The van der Waals surface area contributed by atoms with Crippen LogP contribution in [0, 0.1) is 0 Å². The van der Waals surface area contributed by atoms with Crippen LogP contribution in [-0.4, -0.2) is 60.7 Å². The highest BCUT2D eigenvalue weighted by atomic mass is 35.5. The molecule has 0 bridgehead atoms. The van der Waals surface area contributed by atoms with Gasteiger partial charge in [-0.15, -0.1) is 0 Å². The summed E-state index contributed by atoms with van der Waals surface area (Å²) in [6.07, 6.45) is 2.18. The Bertz CT molecular complexity index is 588. The van der Waals surface area contributed by atoms with Crippen molar-refractivity contribution in [2.24, 2.45) is 0 Å². The number of ether oxygens (including phenoxy) is 1. The van der Waals surface area contributed by atoms with Gasteiger partial charge in [-0.25, -0.2) is 0 Å². The van der Waals surface area contributed by atoms with Gasteiger partial charge in [0.2, 0.25) is 0 Å². The Morgan fingerprint density at radius 2 is 1.96 bits per heavy atom. The van der Waals surface area contributed by atoms with Crippen LogP contribution in [0.3, 0.4) is 0 Å². The molecule has 1 aromatic carbocycles. The van der Waals surface area contributed by atoms with Crippen molar-refractivity contribution in [1.82, 2.24) is 10.2 Å². The first kappa shape index (κ1) is 18.3. The van der Waals surface area contributed by atoms with Gasteiger partial charge in [0.1, 0.15) is 0 Å². The van der Waals surface area contributed by atoms with E-state index < -0.39 is 0 Å². The first-order valence-electron chi connectivity index (χ1n) is 8.25. The van der Waals surface area contributed by atoms with Crippen molar-refractivity contribution >= 4 is 40.9 Å². The predicted octanol–water partition coefficient (Wildman–Crippen LogP) is 3.32. The summed E-state index contributed by atoms with van der Waals surface area (Å²) in [7, 11) is 0. The Kier molecular flexibility index (Phi) is 6.33. The van der Waals surface area contributed by atoms with E-state index in [1.165, 1.54) is 0 Å². The SMILES string of the molecule is O=C(NCC1(N2CCOCC2)CCSCC1)c1ccc(Cl)cc1Cl. The second-order valence-electron chi connectivity index (χ2n) is 6.24. The fourth-order valence-electron chi connectivity index (χ4n) is 3.41. The number of carbonyl (C=O) groups excluding carboxylic acids is 1. The number of rotatable bonds is 4. The zero-order chi connectivity index (χ0) is 17.0. The van der Waals surface area contributed by atoms with Crippen LogP contribution in [0.15, 0.2) is 18.2 Å². The molecule has 24 heavy (non-hydrogen) atoms. The van der Waals surface area contributed by atoms with E-state index in [1.54, 1.807) is 18.2 Å². The summed E-state index contributed by atoms with van der Waals surface area (Å²) in [5.74, 6) is 2.13. The third kappa shape index (κ3) is 4.20. The van der Waals surface area contributed by atoms with Crippen molar-refractivity contribution < 1.29 is 9.53 Å². The molecule has 2 heterocycles. The highest BCUT2D eigenvalue weighted by Crippen LogP contribution is 2.33. The number of hydrogen-bond acceptors (Lipinski definition) is 4. The molecule has 1 N–H and O–H groups in total. The van der Waals surface area contributed by atoms with Gasteiger partial charge in [0, 0.05) is 30.2 Å². The molecule has 0 unspecified atom stereocenters. The summed E-state index contributed by atoms with van der Waals surface area (Å²) in [5, 5.41) is 4.03. The van der Waals surface area contributed by atoms with Crippen LogP contribution >= 0.6 is 35.0 Å². The average molecular weight is 389 g/mol. The van der Waals surface area contributed by atoms with Crippen LogP contribution in [0.25, 0.3) is 0 Å². The van der Waals surface area contributed by atoms with Crippen LogP contribution < -0.4 is 5.32 Å². The van der Waals surface area contributed by atoms with Gasteiger partial charge in [-0.3, -0.25) is 9.69 Å². The van der Waals surface area contributed by atoms with Crippen molar-refractivity contribution in [3.63, 3.8) is 0 Å². The number of hydrogen-bond donors (Lipinski definition) is 1. The summed E-state index contributed by atoms with van der Waals surface area (Å²) >= 11 is 14.1. The molecule has 2 saturated heterocycles. The van der Waals surface area contributed by atoms with Gasteiger partial charge >= 0.3 is 0 Å². The Balaban J connectivity index is 1.69. The lowest BCUT2D eigenvalue weighted by Gasteiger charge is -2.48. The first-order valence-corrected chi connectivity index (χ1v) is 10.2. The molecule has 4 nitrogen and oxygen atoms in total. The lowest BCUT2D eigenvalue weighted by Crippen LogP contribution is -2.60. The predicted molar refractivity (Wildman–Crippen MR) is 100 cm³/mol. The first-order chi connectivity index (χ1) is 11.6. The van der Waals surface area contributed by atoms with Crippen molar-refractivity contribution in [3.8, 4) is 0 Å². The molecule has 1 aromatic rings. The molecular formula is C17H22Cl2N2O2S. The van der Waals surface area contributed by atoms with E-state index in [9.17, 15) is 4.79 Å². The second-order valence-corrected chi connectivity index (χ2v) is 8.31. The molecule has 2 aliphatic heterocycles. The van der Waals surface area contributed by atoms with Crippen LogP contribution in [0.1, 0.15) is 23.2 Å². The molecule has 7 heteroatoms. The lowest BCUT2D eigenvalue weighted by atomic mass is 9.89. The maximum Gasteiger partial charge on any atom is 0.252 e. The molecule has 0 saturated carbocycles. The fourth-order valence-corrected chi connectivity index (χ4v) is 5.15. The van der Waals surface area contributed by atoms with Crippen LogP contribution in [0.5, 0.6) is 0 Å². The van der Waals surface area contributed by atoms with Gasteiger partial charge in [0.05, 0.1) is 23.8 Å². The van der Waals surface area contributed by atoms with Crippen molar-refractivity contribution in [2.75, 3.05) is 44.4 Å². The van der Waals surface area contributed by atoms with Gasteiger partial charge in [-0.1, -0.05) is 23.2 Å². The Morgan fingerprint density at radius 3 is 2.62 bits per heavy atom. The standard InChI is InChI=1S/C17H22Cl2N2O2S/c18-13-1-2-14(15(19)11-13)16(22)20-12-17(3-9-24-10-4-17)21-5-7-23-8-6-21/h1-2,11H,3-10,12H2,(H,20,22). The Hall–Kier alpha value is -0.460. The Morgan fingerprint density at radius 1 is 1.25 bits per heavy atom. The molecule has 0 aromatic heterocycles. The van der Waals surface area contributed by atoms with E-state index >= 15 is 0 Å². The van der Waals surface area contributed by atoms with Gasteiger partial charge in [0.25, 0.3) is 5.91 Å². The molecule has 0 spiro atoms. The largest absolute Gasteiger partial charge is 0.379 e. The number of nitrogens with zero attached hydrogens (tertiary/aromatic N) is 1. The molecule has 2 aliphatic rings. The number of amides is 1. The van der Waals surface area contributed by atoms with E-state index in [1.807, 2.05) is 11.8 Å². The number of carbonyl (C=O) groups is 1. The van der Waals surface area contributed by atoms with Gasteiger partial charge in [-0.2, -0.15) is 11.8 Å². The minimum absolute atomic E-state index is 0.0313. The van der Waals surface area contributed by atoms with Crippen molar-refractivity contribution in [2.45, 2.75) is 18.4 Å². The van der Waals surface area contributed by atoms with Crippen LogP contribution in [0.2, 0.25) is 10.0 Å². The van der Waals surface area contributed by atoms with Crippen molar-refractivity contribution in [1.29, 1.82) is 0 Å². The van der Waals surface area contributed by atoms with Crippen molar-refractivity contribution in [3.05, 3.63) is 33.8 Å². The summed E-state index contributed by atoms with van der Waals surface area (Å²) < 4.78 is 5.49. The van der Waals surface area contributed by atoms with E-state index in [-0.39, 0.29) is 11.4 Å². The summed E-state index contributed by atoms with van der Waals surface area (Å²) in [5.41, 5.74) is 0.507. The third-order valence-corrected chi connectivity index (χ3v) is 6.39. The van der Waals surface area contributed by atoms with Gasteiger partial charge in [0.15, 0.2) is 0 Å². The van der Waals surface area contributed by atoms with Gasteiger partial charge < -0.3 is 10.1 Å². The maximum absolute atomic E-state index is 12.6. The number of benzene rings is 1. The second kappa shape index (κ2) is 8.28. The normalized spacial score (nSPS) is 21.4. The zero-order valence-corrected chi connectivity index (χ0v) is 15.9. The van der Waals surface area contributed by atoms with E-state index in [0.29, 0.717) is 22.2 Å². The highest BCUT2D eigenvalue weighted by Gasteiger charge is 2.39. The topological polar surface area (TPSA) is 41.6 Å². The van der Waals surface area contributed by atoms with Crippen LogP contribution in [0.4, 0.5) is 0 Å². The van der Waals surface area contributed by atoms with E-state index in [2.05, 4.69) is 10.2 Å². The molecule has 1 amide bonds. The average Bonchev–Trinajstić information content (AvgIpc) is 2.61. The maximum atomic E-state index is 12.6. The summed E-state index contributed by atoms with van der Waals surface area (Å²) in [6, 6.07) is 4.97. The summed E-state index contributed by atoms with van der Waals surface area (Å²) in [4.78, 5) is 15.1. The molecule has 132 valence electrons. The van der Waals surface area contributed by atoms with Crippen LogP contribution in [-0.2, 0) is 4.74 Å². The molecule has 0 atom stereocenters. The van der Waals surface area contributed by atoms with E-state index in [4.69, 9.17) is 27.9 Å². The van der Waals surface area contributed by atoms with Gasteiger partial charge in [-0.05, 0) is 42.5 Å². The molecular weight excluding hydrogens is 367 g/mol. The highest BCUT2D eigenvalue weighted by molar-refractivity contribution is 7.99. The number of halogens is 2. The Labute approximate surface area is 157 Å². The minimum atomic E-state index is -0.137. The lowest BCUT2D eigenvalue weighted by molar-refractivity contribution is -0.0255. The molecule has 3 rings (SSSR count). The third-order valence-electron chi connectivity index (χ3n) is 4.86. The molecule has 0 aliphatic carbocycles. The molecule has 0 radical (unpaired) electrons. The van der Waals surface area contributed by atoms with E-state index in [0.717, 1.165) is 50.7 Å². The minimum Gasteiger partial charge on any atom is -0.379 e. The number of morpholine rings is 1. The quantitative estimate of drug-likeness (QED) is 0.858. The smallest absolute Gasteiger partial charge is 0.252 e. The number of thioether (sulfide) groups is 1. The summed E-state index contributed by atoms with van der Waals surface area (Å²) in [6.45, 7) is 4.05. The molecule has 2 fully saturated rings. The monoisotopic (exact) mass is 388 g/mol. The zero-order valence-electron chi connectivity index (χ0n) is 13.5.